The molecule has 3 aromatic carbocycles. The van der Waals surface area contributed by atoms with Crippen LogP contribution in [0, 0.1) is 0 Å². The molecule has 43 heavy (non-hydrogen) atoms. The molecule has 0 saturated carbocycles. The molecule has 0 spiro atoms. The van der Waals surface area contributed by atoms with E-state index in [4.69, 9.17) is 23.2 Å². The van der Waals surface area contributed by atoms with Gasteiger partial charge in [0.1, 0.15) is 9.94 Å². The normalized spacial score (nSPS) is 12.8. The van der Waals surface area contributed by atoms with Gasteiger partial charge in [-0.05, 0) is 36.4 Å². The number of aromatic nitrogens is 1. The van der Waals surface area contributed by atoms with Crippen LogP contribution in [0.5, 0.6) is 0 Å². The lowest BCUT2D eigenvalue weighted by Gasteiger charge is -2.18. The van der Waals surface area contributed by atoms with Crippen LogP contribution in [0.4, 0.5) is 11.4 Å². The van der Waals surface area contributed by atoms with Crippen molar-refractivity contribution < 1.29 is 23.0 Å². The first kappa shape index (κ1) is 31.7. The van der Waals surface area contributed by atoms with Gasteiger partial charge in [-0.3, -0.25) is 15.5 Å². The molecule has 1 aromatic heterocycles. The second-order valence-electron chi connectivity index (χ2n) is 9.05. The minimum atomic E-state index is -4.33. The van der Waals surface area contributed by atoms with Crippen molar-refractivity contribution in [3.05, 3.63) is 123 Å². The summed E-state index contributed by atoms with van der Waals surface area (Å²) < 4.78 is 29.5. The molecule has 0 aliphatic carbocycles. The summed E-state index contributed by atoms with van der Waals surface area (Å²) in [7, 11) is -0.280. The first-order valence-electron chi connectivity index (χ1n) is 12.4. The fourth-order valence-electron chi connectivity index (χ4n) is 3.71. The monoisotopic (exact) mass is 651 g/mol. The molecule has 0 fully saturated rings. The first-order valence-corrected chi connectivity index (χ1v) is 15.5. The van der Waals surface area contributed by atoms with Crippen molar-refractivity contribution in [2.45, 2.75) is 9.79 Å². The van der Waals surface area contributed by atoms with Crippen LogP contribution in [0.3, 0.4) is 0 Å². The largest absolute Gasteiger partial charge is 0.763 e. The number of fused-ring (bicyclic) bond motifs is 1. The van der Waals surface area contributed by atoms with Crippen LogP contribution in [0.2, 0.25) is 10.0 Å². The third-order valence-electron chi connectivity index (χ3n) is 5.87. The summed E-state index contributed by atoms with van der Waals surface area (Å²) in [6.45, 7) is 0. The molecule has 9 nitrogen and oxygen atoms in total. The summed E-state index contributed by atoms with van der Waals surface area (Å²) in [5.41, 5.74) is 1.38. The molecule has 4 aromatic rings. The summed E-state index contributed by atoms with van der Waals surface area (Å²) in [6, 6.07) is 20.8. The van der Waals surface area contributed by atoms with Gasteiger partial charge in [0.2, 0.25) is 5.78 Å². The number of nitrogens with one attached hydrogen (secondary N) is 2. The summed E-state index contributed by atoms with van der Waals surface area (Å²) in [4.78, 5) is 30.4. The fraction of sp³-hybridized carbons (Fsp3) is 0.0667. The highest BCUT2D eigenvalue weighted by atomic mass is 35.5. The Kier molecular flexibility index (Phi) is 10.2. The number of ketones is 1. The number of hydrogen-bond donors (Lipinski definition) is 1. The number of Topliss-reactive ketones (excluding diaryl/α,β-unsaturated/α-hetero) is 1. The molecular weight excluding hydrogens is 629 g/mol. The highest BCUT2D eigenvalue weighted by Crippen LogP contribution is 2.39. The van der Waals surface area contributed by atoms with Gasteiger partial charge in [0, 0.05) is 53.1 Å². The molecule has 2 N–H and O–H groups in total. The first-order chi connectivity index (χ1) is 20.5. The maximum absolute atomic E-state index is 12.9. The maximum Gasteiger partial charge on any atom is 0.284 e. The minimum absolute atomic E-state index is 0.0120. The number of anilines is 2. The number of halogens is 2. The van der Waals surface area contributed by atoms with Crippen LogP contribution in [-0.2, 0) is 10.0 Å². The van der Waals surface area contributed by atoms with Gasteiger partial charge < -0.3 is 15.6 Å². The van der Waals surface area contributed by atoms with E-state index in [-0.39, 0.29) is 31.0 Å². The SMILES string of the molecule is CN(C)c1cc[nH+]cc1.[N-]=C=C(C(=O)c1ccccc1)C1=NS(=O)(=O)c2cc(C(=O)Nc3ccc(Cl)cc3)c(Cl)cc2S1. The van der Waals surface area contributed by atoms with Gasteiger partial charge in [-0.15, -0.1) is 0 Å². The van der Waals surface area contributed by atoms with Crippen molar-refractivity contribution >= 4 is 79.0 Å². The Bertz CT molecular complexity index is 1860. The molecule has 0 saturated heterocycles. The Balaban J connectivity index is 0.000000403. The van der Waals surface area contributed by atoms with E-state index in [2.05, 4.69) is 19.6 Å². The zero-order chi connectivity index (χ0) is 31.1. The van der Waals surface area contributed by atoms with Gasteiger partial charge >= 0.3 is 0 Å². The van der Waals surface area contributed by atoms with E-state index in [9.17, 15) is 23.4 Å². The maximum atomic E-state index is 12.9. The van der Waals surface area contributed by atoms with Crippen molar-refractivity contribution in [3.8, 4) is 0 Å². The van der Waals surface area contributed by atoms with E-state index in [0.717, 1.165) is 17.8 Å². The molecule has 13 heteroatoms. The van der Waals surface area contributed by atoms with Crippen molar-refractivity contribution in [2.75, 3.05) is 24.3 Å². The fourth-order valence-corrected chi connectivity index (χ4v) is 6.80. The topological polar surface area (TPSA) is 132 Å². The lowest BCUT2D eigenvalue weighted by Crippen LogP contribution is -2.19. The number of rotatable bonds is 6. The lowest BCUT2D eigenvalue weighted by molar-refractivity contribution is -0.377. The molecule has 0 bridgehead atoms. The lowest BCUT2D eigenvalue weighted by atomic mass is 10.1. The summed E-state index contributed by atoms with van der Waals surface area (Å²) in [5.74, 6) is 0.473. The van der Waals surface area contributed by atoms with Crippen LogP contribution >= 0.6 is 35.0 Å². The number of thioether (sulfide) groups is 1. The van der Waals surface area contributed by atoms with Crippen LogP contribution in [0.1, 0.15) is 20.7 Å². The molecular formula is C30H23Cl2N5O4S2. The van der Waals surface area contributed by atoms with Crippen molar-refractivity contribution in [1.29, 1.82) is 0 Å². The average Bonchev–Trinajstić information content (AvgIpc) is 2.99. The van der Waals surface area contributed by atoms with Gasteiger partial charge in [0.15, 0.2) is 12.4 Å². The number of H-pyrrole nitrogens is 1. The molecule has 0 atom stereocenters. The average molecular weight is 653 g/mol. The Labute approximate surface area is 262 Å². The molecule has 218 valence electrons. The third kappa shape index (κ3) is 7.78. The predicted molar refractivity (Wildman–Crippen MR) is 171 cm³/mol. The highest BCUT2D eigenvalue weighted by Gasteiger charge is 2.31. The van der Waals surface area contributed by atoms with E-state index < -0.39 is 27.3 Å². The second-order valence-corrected chi connectivity index (χ2v) is 12.5. The Morgan fingerprint density at radius 3 is 2.21 bits per heavy atom. The number of pyridine rings is 1. The predicted octanol–water partition coefficient (Wildman–Crippen LogP) is 6.05. The number of aromatic amines is 1. The molecule has 1 aliphatic heterocycles. The second kappa shape index (κ2) is 13.8. The number of sulfonamides is 1. The smallest absolute Gasteiger partial charge is 0.284 e. The molecule has 1 aliphatic rings. The van der Waals surface area contributed by atoms with Crippen LogP contribution < -0.4 is 15.2 Å². The van der Waals surface area contributed by atoms with Crippen LogP contribution in [0.25, 0.3) is 5.41 Å². The molecule has 1 amide bonds. The van der Waals surface area contributed by atoms with E-state index in [1.165, 1.54) is 23.9 Å². The van der Waals surface area contributed by atoms with Crippen molar-refractivity contribution in [3.63, 3.8) is 0 Å². The van der Waals surface area contributed by atoms with Gasteiger partial charge in [-0.1, -0.05) is 65.3 Å². The number of amides is 1. The summed E-state index contributed by atoms with van der Waals surface area (Å²) in [6.07, 6.45) is 3.82. The number of nitrogens with zero attached hydrogens (tertiary/aromatic N) is 3. The molecule has 0 radical (unpaired) electrons. The molecule has 2 heterocycles. The van der Waals surface area contributed by atoms with Gasteiger partial charge in [-0.2, -0.15) is 12.8 Å². The van der Waals surface area contributed by atoms with Gasteiger partial charge in [0.25, 0.3) is 15.9 Å². The zero-order valence-electron chi connectivity index (χ0n) is 22.7. The van der Waals surface area contributed by atoms with Gasteiger partial charge in [-0.25, -0.2) is 4.98 Å². The Morgan fingerprint density at radius 1 is 0.977 bits per heavy atom. The number of hydrogen-bond acceptors (Lipinski definition) is 6. The zero-order valence-corrected chi connectivity index (χ0v) is 25.9. The number of benzene rings is 3. The number of carbonyl (C=O) groups excluding carboxylic acids is 2. The standard InChI is InChI=1S/C23H12Cl2N3O4S2.C7H10N2/c24-14-6-8-15(9-7-14)27-22(30)16-10-20-19(11-18(16)25)33-23(28-34(20,31)32)17(12-26)21(29)13-4-2-1-3-5-13;1-9(2)7-3-5-8-6-4-7/h1-11H,(H,27,30);3-6H,1-2H3/q-1;/p+1. The van der Waals surface area contributed by atoms with Crippen molar-refractivity contribution in [1.82, 2.24) is 0 Å². The summed E-state index contributed by atoms with van der Waals surface area (Å²) >= 11 is 12.9. The summed E-state index contributed by atoms with van der Waals surface area (Å²) in [5, 5.41) is 12.4. The van der Waals surface area contributed by atoms with E-state index in [1.807, 2.05) is 38.6 Å². The van der Waals surface area contributed by atoms with E-state index >= 15 is 0 Å². The minimum Gasteiger partial charge on any atom is -0.763 e. The Morgan fingerprint density at radius 2 is 1.63 bits per heavy atom. The quantitative estimate of drug-likeness (QED) is 0.153. The van der Waals surface area contributed by atoms with Crippen LogP contribution in [-0.4, -0.2) is 45.1 Å². The van der Waals surface area contributed by atoms with Crippen LogP contribution in [0.15, 0.2) is 111 Å². The van der Waals surface area contributed by atoms with Gasteiger partial charge in [0.05, 0.1) is 16.2 Å². The molecule has 5 rings (SSSR count). The van der Waals surface area contributed by atoms with E-state index in [0.29, 0.717) is 10.7 Å². The highest BCUT2D eigenvalue weighted by molar-refractivity contribution is 8.16. The third-order valence-corrected chi connectivity index (χ3v) is 9.05. The molecule has 0 unspecified atom stereocenters. The Hall–Kier alpha value is -4.25. The number of carbonyl (C=O) groups is 2. The van der Waals surface area contributed by atoms with E-state index in [1.54, 1.807) is 48.3 Å². The van der Waals surface area contributed by atoms with Crippen molar-refractivity contribution in [2.24, 2.45) is 4.40 Å².